The third-order valence-electron chi connectivity index (χ3n) is 4.71. The summed E-state index contributed by atoms with van der Waals surface area (Å²) in [5.41, 5.74) is 2.70. The van der Waals surface area contributed by atoms with Gasteiger partial charge in [-0.3, -0.25) is 9.69 Å². The minimum atomic E-state index is -0.450. The largest absolute Gasteiger partial charge is 0.497 e. The summed E-state index contributed by atoms with van der Waals surface area (Å²) in [5, 5.41) is 3.02. The van der Waals surface area contributed by atoms with Gasteiger partial charge < -0.3 is 14.8 Å². The number of hydrogen-bond donors (Lipinski definition) is 1. The molecule has 0 aliphatic carbocycles. The van der Waals surface area contributed by atoms with Crippen molar-refractivity contribution < 1.29 is 14.3 Å². The molecular weight excluding hydrogens is 364 g/mol. The molecular formula is C24H26N2O3. The highest BCUT2D eigenvalue weighted by molar-refractivity contribution is 5.95. The van der Waals surface area contributed by atoms with Gasteiger partial charge in [-0.15, -0.1) is 0 Å². The molecule has 150 valence electrons. The van der Waals surface area contributed by atoms with E-state index in [0.29, 0.717) is 18.0 Å². The summed E-state index contributed by atoms with van der Waals surface area (Å²) in [7, 11) is 5.20. The Bertz CT molecular complexity index is 944. The van der Waals surface area contributed by atoms with Crippen LogP contribution >= 0.6 is 0 Å². The van der Waals surface area contributed by atoms with Crippen LogP contribution in [0.25, 0.3) is 0 Å². The van der Waals surface area contributed by atoms with Crippen LogP contribution in [0.5, 0.6) is 11.5 Å². The zero-order valence-corrected chi connectivity index (χ0v) is 17.0. The summed E-state index contributed by atoms with van der Waals surface area (Å²) in [6.07, 6.45) is 0. The van der Waals surface area contributed by atoms with E-state index in [1.807, 2.05) is 90.8 Å². The lowest BCUT2D eigenvalue weighted by atomic mass is 10.0. The molecule has 0 spiro atoms. The van der Waals surface area contributed by atoms with Crippen molar-refractivity contribution in [3.63, 3.8) is 0 Å². The summed E-state index contributed by atoms with van der Waals surface area (Å²) in [5.74, 6) is 1.40. The number of nitrogens with zero attached hydrogens (tertiary/aromatic N) is 1. The van der Waals surface area contributed by atoms with Gasteiger partial charge in [0.1, 0.15) is 17.5 Å². The molecule has 0 fully saturated rings. The first-order valence-electron chi connectivity index (χ1n) is 9.43. The second kappa shape index (κ2) is 9.75. The van der Waals surface area contributed by atoms with Crippen molar-refractivity contribution in [2.24, 2.45) is 0 Å². The third-order valence-corrected chi connectivity index (χ3v) is 4.71. The Morgan fingerprint density at radius 2 is 1.55 bits per heavy atom. The number of carbonyl (C=O) groups excluding carboxylic acids is 1. The van der Waals surface area contributed by atoms with E-state index >= 15 is 0 Å². The minimum absolute atomic E-state index is 0.102. The molecule has 3 rings (SSSR count). The second-order valence-corrected chi connectivity index (χ2v) is 6.80. The lowest BCUT2D eigenvalue weighted by molar-refractivity contribution is -0.121. The molecule has 0 radical (unpaired) electrons. The molecule has 1 unspecified atom stereocenters. The van der Waals surface area contributed by atoms with Crippen LogP contribution in [0.15, 0.2) is 78.9 Å². The Balaban J connectivity index is 1.84. The number of ether oxygens (including phenoxy) is 2. The third kappa shape index (κ3) is 5.36. The van der Waals surface area contributed by atoms with Gasteiger partial charge in [0.15, 0.2) is 0 Å². The normalized spacial score (nSPS) is 11.7. The van der Waals surface area contributed by atoms with Crippen molar-refractivity contribution in [1.82, 2.24) is 4.90 Å². The van der Waals surface area contributed by atoms with E-state index < -0.39 is 6.04 Å². The number of hydrogen-bond acceptors (Lipinski definition) is 4. The van der Waals surface area contributed by atoms with Crippen LogP contribution in [0.2, 0.25) is 0 Å². The van der Waals surface area contributed by atoms with Crippen LogP contribution in [-0.4, -0.2) is 32.1 Å². The molecule has 0 saturated carbocycles. The lowest BCUT2D eigenvalue weighted by Crippen LogP contribution is -2.34. The van der Waals surface area contributed by atoms with Gasteiger partial charge in [0.2, 0.25) is 5.91 Å². The predicted molar refractivity (Wildman–Crippen MR) is 115 cm³/mol. The molecule has 0 bridgehead atoms. The zero-order valence-electron chi connectivity index (χ0n) is 17.0. The molecule has 3 aromatic carbocycles. The van der Waals surface area contributed by atoms with Gasteiger partial charge in [0, 0.05) is 18.3 Å². The quantitative estimate of drug-likeness (QED) is 0.615. The van der Waals surface area contributed by atoms with Gasteiger partial charge in [-0.05, 0) is 42.4 Å². The standard InChI is InChI=1S/C24H26N2O3/c1-26(17-18-9-7-13-21(15-18)28-2)23(19-10-5-4-6-11-19)24(27)25-20-12-8-14-22(16-20)29-3/h4-16,23H,17H2,1-3H3,(H,25,27). The smallest absolute Gasteiger partial charge is 0.246 e. The highest BCUT2D eigenvalue weighted by atomic mass is 16.5. The number of carbonyl (C=O) groups is 1. The van der Waals surface area contributed by atoms with E-state index in [1.54, 1.807) is 14.2 Å². The molecule has 1 N–H and O–H groups in total. The number of nitrogens with one attached hydrogen (secondary N) is 1. The number of rotatable bonds is 8. The van der Waals surface area contributed by atoms with Crippen molar-refractivity contribution >= 4 is 11.6 Å². The van der Waals surface area contributed by atoms with Crippen LogP contribution in [0.4, 0.5) is 5.69 Å². The van der Waals surface area contributed by atoms with Crippen molar-refractivity contribution in [2.45, 2.75) is 12.6 Å². The maximum Gasteiger partial charge on any atom is 0.246 e. The summed E-state index contributed by atoms with van der Waals surface area (Å²) in [6.45, 7) is 0.599. The van der Waals surface area contributed by atoms with E-state index in [-0.39, 0.29) is 5.91 Å². The molecule has 0 saturated heterocycles. The van der Waals surface area contributed by atoms with E-state index in [0.717, 1.165) is 16.9 Å². The number of methoxy groups -OCH3 is 2. The Labute approximate surface area is 171 Å². The molecule has 29 heavy (non-hydrogen) atoms. The molecule has 1 atom stereocenters. The van der Waals surface area contributed by atoms with Crippen molar-refractivity contribution in [3.05, 3.63) is 90.0 Å². The molecule has 5 nitrogen and oxygen atoms in total. The summed E-state index contributed by atoms with van der Waals surface area (Å²) in [4.78, 5) is 15.3. The van der Waals surface area contributed by atoms with Crippen LogP contribution in [-0.2, 0) is 11.3 Å². The first kappa shape index (κ1) is 20.4. The highest BCUT2D eigenvalue weighted by Gasteiger charge is 2.25. The molecule has 3 aromatic rings. The van der Waals surface area contributed by atoms with Crippen LogP contribution in [0.3, 0.4) is 0 Å². The minimum Gasteiger partial charge on any atom is -0.497 e. The molecule has 0 heterocycles. The fourth-order valence-electron chi connectivity index (χ4n) is 3.30. The Morgan fingerprint density at radius 3 is 2.24 bits per heavy atom. The number of anilines is 1. The van der Waals surface area contributed by atoms with E-state index in [9.17, 15) is 4.79 Å². The average molecular weight is 390 g/mol. The number of benzene rings is 3. The van der Waals surface area contributed by atoms with Gasteiger partial charge in [-0.1, -0.05) is 48.5 Å². The Hall–Kier alpha value is -3.31. The predicted octanol–water partition coefficient (Wildman–Crippen LogP) is 4.52. The molecule has 5 heteroatoms. The van der Waals surface area contributed by atoms with Crippen LogP contribution < -0.4 is 14.8 Å². The lowest BCUT2D eigenvalue weighted by Gasteiger charge is -2.28. The first-order chi connectivity index (χ1) is 14.1. The van der Waals surface area contributed by atoms with Crippen LogP contribution in [0.1, 0.15) is 17.2 Å². The van der Waals surface area contributed by atoms with Crippen molar-refractivity contribution in [2.75, 3.05) is 26.6 Å². The van der Waals surface area contributed by atoms with Gasteiger partial charge in [-0.2, -0.15) is 0 Å². The van der Waals surface area contributed by atoms with Crippen molar-refractivity contribution in [1.29, 1.82) is 0 Å². The monoisotopic (exact) mass is 390 g/mol. The number of amides is 1. The fourth-order valence-corrected chi connectivity index (χ4v) is 3.30. The van der Waals surface area contributed by atoms with E-state index in [4.69, 9.17) is 9.47 Å². The van der Waals surface area contributed by atoms with Gasteiger partial charge in [0.05, 0.1) is 14.2 Å². The summed E-state index contributed by atoms with van der Waals surface area (Å²) < 4.78 is 10.6. The van der Waals surface area contributed by atoms with E-state index in [1.165, 1.54) is 0 Å². The van der Waals surface area contributed by atoms with Crippen molar-refractivity contribution in [3.8, 4) is 11.5 Å². The zero-order chi connectivity index (χ0) is 20.6. The molecule has 0 aromatic heterocycles. The maximum absolute atomic E-state index is 13.2. The second-order valence-electron chi connectivity index (χ2n) is 6.80. The van der Waals surface area contributed by atoms with E-state index in [2.05, 4.69) is 5.32 Å². The Kier molecular flexibility index (Phi) is 6.87. The van der Waals surface area contributed by atoms with Gasteiger partial charge >= 0.3 is 0 Å². The average Bonchev–Trinajstić information content (AvgIpc) is 2.75. The topological polar surface area (TPSA) is 50.8 Å². The van der Waals surface area contributed by atoms with Gasteiger partial charge in [0.25, 0.3) is 0 Å². The van der Waals surface area contributed by atoms with Gasteiger partial charge in [-0.25, -0.2) is 0 Å². The highest BCUT2D eigenvalue weighted by Crippen LogP contribution is 2.25. The number of likely N-dealkylation sites (N-methyl/N-ethyl adjacent to an activating group) is 1. The maximum atomic E-state index is 13.2. The SMILES string of the molecule is COc1cccc(CN(C)C(C(=O)Nc2cccc(OC)c2)c2ccccc2)c1. The fraction of sp³-hybridized carbons (Fsp3) is 0.208. The van der Waals surface area contributed by atoms with Crippen LogP contribution in [0, 0.1) is 0 Å². The molecule has 0 aliphatic rings. The Morgan fingerprint density at radius 1 is 0.897 bits per heavy atom. The first-order valence-corrected chi connectivity index (χ1v) is 9.43. The molecule has 1 amide bonds. The summed E-state index contributed by atoms with van der Waals surface area (Å²) >= 11 is 0. The summed E-state index contributed by atoms with van der Waals surface area (Å²) in [6, 6.07) is 24.6. The molecule has 0 aliphatic heterocycles.